The van der Waals surface area contributed by atoms with Gasteiger partial charge in [-0.2, -0.15) is 10.5 Å². The van der Waals surface area contributed by atoms with E-state index in [1.54, 1.807) is 0 Å². The van der Waals surface area contributed by atoms with Gasteiger partial charge in [-0.3, -0.25) is 4.79 Å². The van der Waals surface area contributed by atoms with Crippen molar-refractivity contribution >= 4 is 11.9 Å². The summed E-state index contributed by atoms with van der Waals surface area (Å²) in [4.78, 5) is 13.4. The molecule has 3 nitrogen and oxygen atoms in total. The van der Waals surface area contributed by atoms with E-state index in [1.807, 2.05) is 97.1 Å². The molecule has 1 aliphatic rings. The number of allylic oxidation sites excluding steroid dienone is 1. The van der Waals surface area contributed by atoms with Gasteiger partial charge in [-0.15, -0.1) is 0 Å². The van der Waals surface area contributed by atoms with Crippen LogP contribution in [0.2, 0.25) is 0 Å². The van der Waals surface area contributed by atoms with E-state index in [0.29, 0.717) is 5.57 Å². The van der Waals surface area contributed by atoms with Gasteiger partial charge >= 0.3 is 0 Å². The number of ketones is 1. The first-order valence-corrected chi connectivity index (χ1v) is 9.92. The van der Waals surface area contributed by atoms with Gasteiger partial charge in [0, 0.05) is 23.8 Å². The van der Waals surface area contributed by atoms with Crippen molar-refractivity contribution < 1.29 is 4.79 Å². The van der Waals surface area contributed by atoms with Gasteiger partial charge in [-0.25, -0.2) is 0 Å². The van der Waals surface area contributed by atoms with Crippen molar-refractivity contribution in [3.05, 3.63) is 113 Å². The normalized spacial score (nSPS) is 21.5. The van der Waals surface area contributed by atoms with E-state index >= 15 is 0 Å². The highest BCUT2D eigenvalue weighted by atomic mass is 16.1. The Kier molecular flexibility index (Phi) is 5.29. The third kappa shape index (κ3) is 3.32. The topological polar surface area (TPSA) is 64.7 Å². The highest BCUT2D eigenvalue weighted by molar-refractivity contribution is 6.03. The molecule has 0 radical (unpaired) electrons. The predicted molar refractivity (Wildman–Crippen MR) is 116 cm³/mol. The molecule has 0 amide bonds. The van der Waals surface area contributed by atoms with Crippen LogP contribution in [0.25, 0.3) is 6.08 Å². The predicted octanol–water partition coefficient (Wildman–Crippen LogP) is 5.64. The maximum absolute atomic E-state index is 13.4. The maximum Gasteiger partial charge on any atom is 0.161 e. The number of carbonyl (C=O) groups excluding carboxylic acids is 1. The molecule has 0 aliphatic heterocycles. The number of nitrogens with zero attached hydrogens (tertiary/aromatic N) is 2. The first kappa shape index (κ1) is 19.4. The molecule has 2 atom stereocenters. The van der Waals surface area contributed by atoms with E-state index in [-0.39, 0.29) is 12.2 Å². The van der Waals surface area contributed by atoms with E-state index in [0.717, 1.165) is 16.7 Å². The molecule has 0 aromatic heterocycles. The molecular weight excluding hydrogens is 368 g/mol. The molecule has 0 unspecified atom stereocenters. The van der Waals surface area contributed by atoms with Crippen LogP contribution >= 0.6 is 0 Å². The second-order valence-electron chi connectivity index (χ2n) is 7.54. The van der Waals surface area contributed by atoms with Crippen LogP contribution in [-0.2, 0) is 4.79 Å². The second kappa shape index (κ2) is 8.19. The van der Waals surface area contributed by atoms with E-state index in [2.05, 4.69) is 12.1 Å². The van der Waals surface area contributed by atoms with Crippen LogP contribution in [0, 0.1) is 28.1 Å². The van der Waals surface area contributed by atoms with Crippen LogP contribution in [0.1, 0.15) is 34.9 Å². The molecule has 144 valence electrons. The van der Waals surface area contributed by atoms with Gasteiger partial charge < -0.3 is 0 Å². The lowest BCUT2D eigenvalue weighted by Crippen LogP contribution is -2.41. The number of carbonyl (C=O) groups is 1. The third-order valence-corrected chi connectivity index (χ3v) is 5.85. The fourth-order valence-corrected chi connectivity index (χ4v) is 4.43. The minimum absolute atomic E-state index is 0.0253. The van der Waals surface area contributed by atoms with Crippen LogP contribution in [-0.4, -0.2) is 5.78 Å². The number of hydrogen-bond acceptors (Lipinski definition) is 3. The fraction of sp³-hybridized carbons (Fsp3) is 0.148. The van der Waals surface area contributed by atoms with Crippen molar-refractivity contribution in [2.45, 2.75) is 18.3 Å². The van der Waals surface area contributed by atoms with Crippen molar-refractivity contribution in [2.24, 2.45) is 5.41 Å². The Morgan fingerprint density at radius 1 is 0.767 bits per heavy atom. The SMILES string of the molecule is N#CC1(C#N)[C@H](c2ccccc2)CC(=O)/C(=C/c2ccccc2)[C@H]1c1ccccc1. The van der Waals surface area contributed by atoms with Crippen LogP contribution in [0.3, 0.4) is 0 Å². The Morgan fingerprint density at radius 2 is 1.27 bits per heavy atom. The molecule has 0 N–H and O–H groups in total. The van der Waals surface area contributed by atoms with Crippen LogP contribution < -0.4 is 0 Å². The molecule has 0 spiro atoms. The number of rotatable bonds is 3. The molecule has 0 bridgehead atoms. The molecule has 3 heteroatoms. The molecule has 3 aromatic carbocycles. The molecule has 3 aromatic rings. The van der Waals surface area contributed by atoms with Gasteiger partial charge in [-0.05, 0) is 22.8 Å². The van der Waals surface area contributed by atoms with Crippen LogP contribution in [0.15, 0.2) is 96.6 Å². The number of hydrogen-bond donors (Lipinski definition) is 0. The first-order chi connectivity index (χ1) is 14.7. The van der Waals surface area contributed by atoms with Gasteiger partial charge in [0.1, 0.15) is 0 Å². The van der Waals surface area contributed by atoms with Gasteiger partial charge in [0.05, 0.1) is 12.1 Å². The van der Waals surface area contributed by atoms with Crippen molar-refractivity contribution in [1.82, 2.24) is 0 Å². The summed E-state index contributed by atoms with van der Waals surface area (Å²) in [7, 11) is 0. The smallest absolute Gasteiger partial charge is 0.161 e. The lowest BCUT2D eigenvalue weighted by Gasteiger charge is -2.41. The van der Waals surface area contributed by atoms with E-state index in [4.69, 9.17) is 0 Å². The zero-order valence-corrected chi connectivity index (χ0v) is 16.4. The minimum atomic E-state index is -1.39. The Morgan fingerprint density at radius 3 is 1.80 bits per heavy atom. The minimum Gasteiger partial charge on any atom is -0.295 e. The lowest BCUT2D eigenvalue weighted by molar-refractivity contribution is -0.118. The number of nitriles is 2. The summed E-state index contributed by atoms with van der Waals surface area (Å²) in [6.45, 7) is 0. The van der Waals surface area contributed by atoms with Crippen LogP contribution in [0.4, 0.5) is 0 Å². The van der Waals surface area contributed by atoms with Gasteiger partial charge in [0.15, 0.2) is 11.2 Å². The zero-order valence-electron chi connectivity index (χ0n) is 16.4. The van der Waals surface area contributed by atoms with Crippen molar-refractivity contribution in [3.8, 4) is 12.1 Å². The average Bonchev–Trinajstić information content (AvgIpc) is 2.82. The zero-order chi connectivity index (χ0) is 21.0. The monoisotopic (exact) mass is 388 g/mol. The van der Waals surface area contributed by atoms with Gasteiger partial charge in [0.25, 0.3) is 0 Å². The highest BCUT2D eigenvalue weighted by Gasteiger charge is 2.54. The molecular formula is C27H20N2O. The summed E-state index contributed by atoms with van der Waals surface area (Å²) in [6, 6.07) is 33.2. The Labute approximate surface area is 176 Å². The van der Waals surface area contributed by atoms with E-state index in [9.17, 15) is 15.3 Å². The average molecular weight is 388 g/mol. The molecule has 4 rings (SSSR count). The van der Waals surface area contributed by atoms with Crippen LogP contribution in [0.5, 0.6) is 0 Å². The lowest BCUT2D eigenvalue weighted by atomic mass is 9.55. The van der Waals surface area contributed by atoms with Crippen molar-refractivity contribution in [1.29, 1.82) is 10.5 Å². The summed E-state index contributed by atoms with van der Waals surface area (Å²) in [5, 5.41) is 20.7. The Hall–Kier alpha value is -3.95. The molecule has 1 fully saturated rings. The second-order valence-corrected chi connectivity index (χ2v) is 7.54. The maximum atomic E-state index is 13.4. The quantitative estimate of drug-likeness (QED) is 0.545. The van der Waals surface area contributed by atoms with Crippen molar-refractivity contribution in [2.75, 3.05) is 0 Å². The van der Waals surface area contributed by atoms with Crippen molar-refractivity contribution in [3.63, 3.8) is 0 Å². The molecule has 30 heavy (non-hydrogen) atoms. The summed E-state index contributed by atoms with van der Waals surface area (Å²) >= 11 is 0. The number of benzene rings is 3. The largest absolute Gasteiger partial charge is 0.295 e. The summed E-state index contributed by atoms with van der Waals surface area (Å²) < 4.78 is 0. The highest BCUT2D eigenvalue weighted by Crippen LogP contribution is 2.55. The summed E-state index contributed by atoms with van der Waals surface area (Å²) in [6.07, 6.45) is 1.97. The Bertz CT molecular complexity index is 1140. The molecule has 0 saturated heterocycles. The standard InChI is InChI=1S/C27H20N2O/c28-18-27(19-29)24(21-12-6-2-7-13-21)17-25(30)23(16-20-10-4-1-5-11-20)26(27)22-14-8-3-9-15-22/h1-16,24,26H,17H2/b23-16-/t24-,26+/m0/s1. The summed E-state index contributed by atoms with van der Waals surface area (Å²) in [5.74, 6) is -1.16. The third-order valence-electron chi connectivity index (χ3n) is 5.85. The molecule has 1 saturated carbocycles. The van der Waals surface area contributed by atoms with Gasteiger partial charge in [0.2, 0.25) is 0 Å². The van der Waals surface area contributed by atoms with E-state index < -0.39 is 17.3 Å². The first-order valence-electron chi connectivity index (χ1n) is 9.92. The molecule has 0 heterocycles. The van der Waals surface area contributed by atoms with E-state index in [1.165, 1.54) is 0 Å². The molecule has 1 aliphatic carbocycles. The number of Topliss-reactive ketones (excluding diaryl/α,β-unsaturated/α-hetero) is 1. The fourth-order valence-electron chi connectivity index (χ4n) is 4.43. The summed E-state index contributed by atoms with van der Waals surface area (Å²) in [5.41, 5.74) is 1.65. The Balaban J connectivity index is 1.97. The van der Waals surface area contributed by atoms with Gasteiger partial charge in [-0.1, -0.05) is 91.0 Å².